The topological polar surface area (TPSA) is 43.8 Å². The van der Waals surface area contributed by atoms with Crippen molar-refractivity contribution in [1.29, 1.82) is 0 Å². The SMILES string of the molecule is CC(C)n1c(C(F)(F)F)nc2c(N)cccc21. The van der Waals surface area contributed by atoms with E-state index < -0.39 is 12.0 Å². The number of imidazole rings is 1. The van der Waals surface area contributed by atoms with Crippen LogP contribution in [0.1, 0.15) is 25.7 Å². The van der Waals surface area contributed by atoms with Gasteiger partial charge >= 0.3 is 6.18 Å². The van der Waals surface area contributed by atoms with Crippen molar-refractivity contribution in [3.8, 4) is 0 Å². The van der Waals surface area contributed by atoms with Crippen LogP contribution < -0.4 is 5.73 Å². The molecule has 0 spiro atoms. The molecule has 0 atom stereocenters. The Morgan fingerprint density at radius 2 is 1.94 bits per heavy atom. The maximum atomic E-state index is 12.9. The number of para-hydroxylation sites is 1. The molecule has 0 amide bonds. The Labute approximate surface area is 96.0 Å². The highest BCUT2D eigenvalue weighted by Gasteiger charge is 2.38. The molecule has 0 unspecified atom stereocenters. The van der Waals surface area contributed by atoms with Crippen molar-refractivity contribution >= 4 is 16.7 Å². The Hall–Kier alpha value is -1.72. The Balaban J connectivity index is 2.85. The van der Waals surface area contributed by atoms with Crippen molar-refractivity contribution in [3.05, 3.63) is 24.0 Å². The minimum absolute atomic E-state index is 0.202. The van der Waals surface area contributed by atoms with Gasteiger partial charge in [0.05, 0.1) is 11.2 Å². The van der Waals surface area contributed by atoms with Crippen LogP contribution in [0, 0.1) is 0 Å². The van der Waals surface area contributed by atoms with Gasteiger partial charge in [-0.3, -0.25) is 0 Å². The van der Waals surface area contributed by atoms with Crippen LogP contribution >= 0.6 is 0 Å². The number of nitrogens with zero attached hydrogens (tertiary/aromatic N) is 2. The molecule has 0 saturated heterocycles. The summed E-state index contributed by atoms with van der Waals surface area (Å²) in [5, 5.41) is 0. The predicted molar refractivity (Wildman–Crippen MR) is 59.5 cm³/mol. The standard InChI is InChI=1S/C11H12F3N3/c1-6(2)17-8-5-3-4-7(15)9(8)16-10(17)11(12,13)14/h3-6H,15H2,1-2H3. The second-order valence-electron chi connectivity index (χ2n) is 4.11. The molecule has 2 N–H and O–H groups in total. The zero-order valence-corrected chi connectivity index (χ0v) is 9.42. The number of hydrogen-bond acceptors (Lipinski definition) is 2. The summed E-state index contributed by atoms with van der Waals surface area (Å²) in [6.07, 6.45) is -4.48. The first-order chi connectivity index (χ1) is 7.82. The molecule has 2 rings (SSSR count). The van der Waals surface area contributed by atoms with Gasteiger partial charge in [-0.1, -0.05) is 6.07 Å². The molecule has 0 aliphatic heterocycles. The van der Waals surface area contributed by atoms with E-state index in [0.717, 1.165) is 4.57 Å². The summed E-state index contributed by atoms with van der Waals surface area (Å²) in [5.74, 6) is -0.902. The van der Waals surface area contributed by atoms with Gasteiger partial charge in [0.25, 0.3) is 0 Å². The van der Waals surface area contributed by atoms with Gasteiger partial charge in [0.15, 0.2) is 0 Å². The van der Waals surface area contributed by atoms with E-state index in [4.69, 9.17) is 5.73 Å². The van der Waals surface area contributed by atoms with E-state index in [9.17, 15) is 13.2 Å². The van der Waals surface area contributed by atoms with Gasteiger partial charge in [-0.15, -0.1) is 0 Å². The molecular weight excluding hydrogens is 231 g/mol. The minimum atomic E-state index is -4.48. The number of anilines is 1. The Morgan fingerprint density at radius 3 is 2.47 bits per heavy atom. The molecule has 1 aromatic carbocycles. The average Bonchev–Trinajstić information content (AvgIpc) is 2.57. The first kappa shape index (κ1) is 11.8. The van der Waals surface area contributed by atoms with Gasteiger partial charge in [-0.25, -0.2) is 4.98 Å². The third-order valence-electron chi connectivity index (χ3n) is 2.52. The normalized spacial score (nSPS) is 12.6. The number of fused-ring (bicyclic) bond motifs is 1. The van der Waals surface area contributed by atoms with Crippen LogP contribution in [0.25, 0.3) is 11.0 Å². The molecule has 92 valence electrons. The molecular formula is C11H12F3N3. The number of nitrogens with two attached hydrogens (primary N) is 1. The average molecular weight is 243 g/mol. The van der Waals surface area contributed by atoms with Gasteiger partial charge in [-0.05, 0) is 26.0 Å². The highest BCUT2D eigenvalue weighted by atomic mass is 19.4. The van der Waals surface area contributed by atoms with E-state index in [1.807, 2.05) is 0 Å². The van der Waals surface area contributed by atoms with Crippen LogP contribution in [-0.2, 0) is 6.18 Å². The summed E-state index contributed by atoms with van der Waals surface area (Å²) in [7, 11) is 0. The lowest BCUT2D eigenvalue weighted by atomic mass is 10.2. The molecule has 0 aliphatic rings. The van der Waals surface area contributed by atoms with Crippen LogP contribution in [0.2, 0.25) is 0 Å². The van der Waals surface area contributed by atoms with Crippen molar-refractivity contribution in [2.24, 2.45) is 0 Å². The lowest BCUT2D eigenvalue weighted by Gasteiger charge is -2.14. The van der Waals surface area contributed by atoms with Gasteiger partial charge in [0.2, 0.25) is 5.82 Å². The van der Waals surface area contributed by atoms with E-state index in [1.165, 1.54) is 0 Å². The number of halogens is 3. The molecule has 1 aromatic heterocycles. The zero-order chi connectivity index (χ0) is 12.8. The Morgan fingerprint density at radius 1 is 1.29 bits per heavy atom. The molecule has 0 fully saturated rings. The zero-order valence-electron chi connectivity index (χ0n) is 9.42. The van der Waals surface area contributed by atoms with E-state index in [-0.39, 0.29) is 17.2 Å². The molecule has 6 heteroatoms. The van der Waals surface area contributed by atoms with Crippen LogP contribution in [0.15, 0.2) is 18.2 Å². The van der Waals surface area contributed by atoms with Crippen LogP contribution in [0.3, 0.4) is 0 Å². The van der Waals surface area contributed by atoms with Crippen molar-refractivity contribution in [1.82, 2.24) is 9.55 Å². The fourth-order valence-corrected chi connectivity index (χ4v) is 1.86. The van der Waals surface area contributed by atoms with Crippen molar-refractivity contribution < 1.29 is 13.2 Å². The van der Waals surface area contributed by atoms with Crippen molar-refractivity contribution in [2.45, 2.75) is 26.1 Å². The molecule has 0 aliphatic carbocycles. The van der Waals surface area contributed by atoms with Crippen molar-refractivity contribution in [2.75, 3.05) is 5.73 Å². The molecule has 1 heterocycles. The number of hydrogen-bond donors (Lipinski definition) is 1. The summed E-state index contributed by atoms with van der Waals surface area (Å²) in [6.45, 7) is 3.36. The molecule has 0 saturated carbocycles. The second-order valence-corrected chi connectivity index (χ2v) is 4.11. The number of alkyl halides is 3. The third-order valence-corrected chi connectivity index (χ3v) is 2.52. The third kappa shape index (κ3) is 1.83. The maximum absolute atomic E-state index is 12.9. The van der Waals surface area contributed by atoms with E-state index in [1.54, 1.807) is 32.0 Å². The number of benzene rings is 1. The van der Waals surface area contributed by atoms with Crippen molar-refractivity contribution in [3.63, 3.8) is 0 Å². The predicted octanol–water partition coefficient (Wildman–Crippen LogP) is 3.22. The monoisotopic (exact) mass is 243 g/mol. The van der Waals surface area contributed by atoms with Crippen LogP contribution in [0.4, 0.5) is 18.9 Å². The van der Waals surface area contributed by atoms with Gasteiger partial charge in [-0.2, -0.15) is 13.2 Å². The summed E-state index contributed by atoms with van der Waals surface area (Å²) < 4.78 is 39.7. The van der Waals surface area contributed by atoms with Gasteiger partial charge < -0.3 is 10.3 Å². The highest BCUT2D eigenvalue weighted by Crippen LogP contribution is 2.34. The highest BCUT2D eigenvalue weighted by molar-refractivity contribution is 5.87. The number of rotatable bonds is 1. The number of nitrogen functional groups attached to an aromatic ring is 1. The Kier molecular flexibility index (Phi) is 2.52. The molecule has 17 heavy (non-hydrogen) atoms. The quantitative estimate of drug-likeness (QED) is 0.781. The maximum Gasteiger partial charge on any atom is 0.449 e. The molecule has 0 bridgehead atoms. The fourth-order valence-electron chi connectivity index (χ4n) is 1.86. The van der Waals surface area contributed by atoms with E-state index in [2.05, 4.69) is 4.98 Å². The summed E-state index contributed by atoms with van der Waals surface area (Å²) in [4.78, 5) is 3.62. The second kappa shape index (κ2) is 3.65. The molecule has 3 nitrogen and oxygen atoms in total. The van der Waals surface area contributed by atoms with E-state index >= 15 is 0 Å². The summed E-state index contributed by atoms with van der Waals surface area (Å²) in [6, 6.07) is 4.42. The first-order valence-electron chi connectivity index (χ1n) is 5.16. The van der Waals surface area contributed by atoms with Gasteiger partial charge in [0, 0.05) is 6.04 Å². The summed E-state index contributed by atoms with van der Waals surface area (Å²) in [5.41, 5.74) is 6.51. The smallest absolute Gasteiger partial charge is 0.397 e. The van der Waals surface area contributed by atoms with Crippen LogP contribution in [0.5, 0.6) is 0 Å². The largest absolute Gasteiger partial charge is 0.449 e. The Bertz CT molecular complexity index is 555. The van der Waals surface area contributed by atoms with E-state index in [0.29, 0.717) is 5.52 Å². The first-order valence-corrected chi connectivity index (χ1v) is 5.16. The lowest BCUT2D eigenvalue weighted by Crippen LogP contribution is -2.16. The molecule has 0 radical (unpaired) electrons. The van der Waals surface area contributed by atoms with Gasteiger partial charge in [0.1, 0.15) is 5.52 Å². The lowest BCUT2D eigenvalue weighted by molar-refractivity contribution is -0.147. The summed E-state index contributed by atoms with van der Waals surface area (Å²) >= 11 is 0. The van der Waals surface area contributed by atoms with Crippen LogP contribution in [-0.4, -0.2) is 9.55 Å². The fraction of sp³-hybridized carbons (Fsp3) is 0.364. The minimum Gasteiger partial charge on any atom is -0.397 e. The number of aromatic nitrogens is 2. The molecule has 2 aromatic rings.